The molecule has 2 aliphatic heterocycles. The van der Waals surface area contributed by atoms with Gasteiger partial charge in [-0.15, -0.1) is 0 Å². The monoisotopic (exact) mass is 406 g/mol. The number of anilines is 1. The van der Waals surface area contributed by atoms with Gasteiger partial charge in [-0.25, -0.2) is 9.29 Å². The van der Waals surface area contributed by atoms with Crippen LogP contribution < -0.4 is 4.90 Å². The first-order valence-corrected chi connectivity index (χ1v) is 10.5. The number of hydrogen-bond donors (Lipinski definition) is 0. The fraction of sp³-hybridized carbons (Fsp3) is 0.360. The summed E-state index contributed by atoms with van der Waals surface area (Å²) >= 11 is 0. The summed E-state index contributed by atoms with van der Waals surface area (Å²) in [5, 5.41) is 0. The van der Waals surface area contributed by atoms with E-state index in [1.54, 1.807) is 12.1 Å². The highest BCUT2D eigenvalue weighted by Gasteiger charge is 2.43. The van der Waals surface area contributed by atoms with Gasteiger partial charge in [-0.05, 0) is 73.1 Å². The average Bonchev–Trinajstić information content (AvgIpc) is 2.94. The van der Waals surface area contributed by atoms with Crippen molar-refractivity contribution < 1.29 is 14.0 Å². The molecule has 0 bridgehead atoms. The van der Waals surface area contributed by atoms with Gasteiger partial charge in [-0.3, -0.25) is 9.59 Å². The Labute approximate surface area is 177 Å². The second-order valence-electron chi connectivity index (χ2n) is 8.80. The van der Waals surface area contributed by atoms with E-state index >= 15 is 0 Å². The van der Waals surface area contributed by atoms with E-state index in [9.17, 15) is 14.0 Å². The molecule has 4 nitrogen and oxygen atoms in total. The number of benzene rings is 2. The summed E-state index contributed by atoms with van der Waals surface area (Å²) < 4.78 is 13.5. The molecule has 2 unspecified atom stereocenters. The van der Waals surface area contributed by atoms with Gasteiger partial charge in [-0.1, -0.05) is 32.0 Å². The van der Waals surface area contributed by atoms with Crippen LogP contribution in [-0.2, 0) is 9.59 Å². The maximum absolute atomic E-state index is 13.6. The Balaban J connectivity index is 1.84. The van der Waals surface area contributed by atoms with E-state index in [1.165, 1.54) is 17.0 Å². The van der Waals surface area contributed by atoms with Crippen LogP contribution in [-0.4, -0.2) is 29.8 Å². The normalized spacial score (nSPS) is 22.3. The van der Waals surface area contributed by atoms with Crippen molar-refractivity contribution in [2.45, 2.75) is 34.1 Å². The molecule has 2 aliphatic rings. The third-order valence-electron chi connectivity index (χ3n) is 6.13. The number of likely N-dealkylation sites (tertiary alicyclic amines) is 1. The standard InChI is InChI=1S/C25H27FN2O2/c1-15-11-16(2)14-27(13-15)23-22(19-6-8-20(26)9-7-19)24(29)28(25(23)30)21-10-5-17(3)18(4)12-21/h5-10,12,15-16H,11,13-14H2,1-4H3. The number of carbonyl (C=O) groups is 2. The molecule has 0 saturated carbocycles. The van der Waals surface area contributed by atoms with Crippen LogP contribution in [0.1, 0.15) is 37.0 Å². The van der Waals surface area contributed by atoms with Gasteiger partial charge >= 0.3 is 0 Å². The maximum Gasteiger partial charge on any atom is 0.282 e. The zero-order valence-corrected chi connectivity index (χ0v) is 17.9. The number of carbonyl (C=O) groups excluding carboxylic acids is 2. The number of imide groups is 1. The summed E-state index contributed by atoms with van der Waals surface area (Å²) in [7, 11) is 0. The van der Waals surface area contributed by atoms with Crippen LogP contribution in [0.4, 0.5) is 10.1 Å². The molecule has 2 atom stereocenters. The molecule has 0 aromatic heterocycles. The quantitative estimate of drug-likeness (QED) is 0.694. The number of hydrogen-bond acceptors (Lipinski definition) is 3. The molecular weight excluding hydrogens is 379 g/mol. The lowest BCUT2D eigenvalue weighted by Crippen LogP contribution is -2.42. The van der Waals surface area contributed by atoms with Crippen molar-refractivity contribution in [3.8, 4) is 0 Å². The number of amides is 2. The number of rotatable bonds is 3. The van der Waals surface area contributed by atoms with Crippen molar-refractivity contribution in [3.05, 3.63) is 70.7 Å². The Kier molecular flexibility index (Phi) is 5.22. The highest BCUT2D eigenvalue weighted by atomic mass is 19.1. The summed E-state index contributed by atoms with van der Waals surface area (Å²) in [6.07, 6.45) is 1.10. The minimum Gasteiger partial charge on any atom is -0.366 e. The van der Waals surface area contributed by atoms with Gasteiger partial charge in [0.1, 0.15) is 11.5 Å². The van der Waals surface area contributed by atoms with E-state index < -0.39 is 0 Å². The third-order valence-corrected chi connectivity index (χ3v) is 6.13. The van der Waals surface area contributed by atoms with Crippen LogP contribution >= 0.6 is 0 Å². The van der Waals surface area contributed by atoms with Gasteiger partial charge in [0.15, 0.2) is 0 Å². The van der Waals surface area contributed by atoms with Crippen LogP contribution in [0.25, 0.3) is 5.57 Å². The van der Waals surface area contributed by atoms with Crippen LogP contribution in [0.15, 0.2) is 48.2 Å². The highest BCUT2D eigenvalue weighted by molar-refractivity contribution is 6.45. The maximum atomic E-state index is 13.6. The second kappa shape index (κ2) is 7.71. The predicted octanol–water partition coefficient (Wildman–Crippen LogP) is 4.70. The second-order valence-corrected chi connectivity index (χ2v) is 8.80. The zero-order valence-electron chi connectivity index (χ0n) is 17.9. The summed E-state index contributed by atoms with van der Waals surface area (Å²) in [6.45, 7) is 9.75. The van der Waals surface area contributed by atoms with E-state index in [0.717, 1.165) is 30.6 Å². The van der Waals surface area contributed by atoms with E-state index in [2.05, 4.69) is 18.7 Å². The first kappa shape index (κ1) is 20.3. The van der Waals surface area contributed by atoms with Gasteiger partial charge in [0, 0.05) is 13.1 Å². The van der Waals surface area contributed by atoms with Crippen molar-refractivity contribution >= 4 is 23.1 Å². The van der Waals surface area contributed by atoms with Gasteiger partial charge < -0.3 is 4.90 Å². The van der Waals surface area contributed by atoms with Crippen molar-refractivity contribution in [2.75, 3.05) is 18.0 Å². The zero-order chi connectivity index (χ0) is 21.6. The van der Waals surface area contributed by atoms with Crippen LogP contribution in [0.3, 0.4) is 0 Å². The Bertz CT molecular complexity index is 1030. The van der Waals surface area contributed by atoms with Crippen LogP contribution in [0.5, 0.6) is 0 Å². The molecule has 0 N–H and O–H groups in total. The SMILES string of the molecule is Cc1ccc(N2C(=O)C(c3ccc(F)cc3)=C(N3CC(C)CC(C)C3)C2=O)cc1C. The summed E-state index contributed by atoms with van der Waals surface area (Å²) in [6, 6.07) is 11.4. The lowest BCUT2D eigenvalue weighted by molar-refractivity contribution is -0.120. The fourth-order valence-corrected chi connectivity index (χ4v) is 4.63. The molecular formula is C25H27FN2O2. The van der Waals surface area contributed by atoms with Gasteiger partial charge in [0.05, 0.1) is 11.3 Å². The molecule has 2 heterocycles. The van der Waals surface area contributed by atoms with Crippen LogP contribution in [0, 0.1) is 31.5 Å². The van der Waals surface area contributed by atoms with E-state index in [1.807, 2.05) is 32.0 Å². The highest BCUT2D eigenvalue weighted by Crippen LogP contribution is 2.37. The molecule has 1 saturated heterocycles. The van der Waals surface area contributed by atoms with Gasteiger partial charge in [-0.2, -0.15) is 0 Å². The molecule has 30 heavy (non-hydrogen) atoms. The van der Waals surface area contributed by atoms with Crippen molar-refractivity contribution in [1.29, 1.82) is 0 Å². The van der Waals surface area contributed by atoms with Gasteiger partial charge in [0.25, 0.3) is 11.8 Å². The molecule has 0 aliphatic carbocycles. The average molecular weight is 407 g/mol. The minimum atomic E-state index is -0.371. The first-order chi connectivity index (χ1) is 14.3. The Morgan fingerprint density at radius 1 is 0.867 bits per heavy atom. The Morgan fingerprint density at radius 2 is 1.50 bits per heavy atom. The molecule has 1 fully saturated rings. The first-order valence-electron chi connectivity index (χ1n) is 10.5. The van der Waals surface area contributed by atoms with Crippen LogP contribution in [0.2, 0.25) is 0 Å². The number of nitrogens with zero attached hydrogens (tertiary/aromatic N) is 2. The molecule has 2 aromatic carbocycles. The van der Waals surface area contributed by atoms with Gasteiger partial charge in [0.2, 0.25) is 0 Å². The largest absolute Gasteiger partial charge is 0.366 e. The van der Waals surface area contributed by atoms with Crippen molar-refractivity contribution in [2.24, 2.45) is 11.8 Å². The minimum absolute atomic E-state index is 0.302. The lowest BCUT2D eigenvalue weighted by atomic mass is 9.91. The summed E-state index contributed by atoms with van der Waals surface area (Å²) in [5.41, 5.74) is 4.05. The summed E-state index contributed by atoms with van der Waals surface area (Å²) in [5.74, 6) is -0.174. The molecule has 5 heteroatoms. The molecule has 2 aromatic rings. The number of halogens is 1. The van der Waals surface area contributed by atoms with E-state index in [0.29, 0.717) is 34.4 Å². The topological polar surface area (TPSA) is 40.6 Å². The number of piperidine rings is 1. The van der Waals surface area contributed by atoms with E-state index in [4.69, 9.17) is 0 Å². The summed E-state index contributed by atoms with van der Waals surface area (Å²) in [4.78, 5) is 30.5. The van der Waals surface area contributed by atoms with E-state index in [-0.39, 0.29) is 17.6 Å². The fourth-order valence-electron chi connectivity index (χ4n) is 4.63. The Hall–Kier alpha value is -2.95. The lowest BCUT2D eigenvalue weighted by Gasteiger charge is -2.37. The number of aryl methyl sites for hydroxylation is 2. The molecule has 0 radical (unpaired) electrons. The van der Waals surface area contributed by atoms with Crippen molar-refractivity contribution in [1.82, 2.24) is 4.90 Å². The molecule has 2 amide bonds. The molecule has 0 spiro atoms. The Morgan fingerprint density at radius 3 is 2.10 bits per heavy atom. The third kappa shape index (κ3) is 3.53. The van der Waals surface area contributed by atoms with Crippen molar-refractivity contribution in [3.63, 3.8) is 0 Å². The molecule has 4 rings (SSSR count). The smallest absolute Gasteiger partial charge is 0.282 e. The predicted molar refractivity (Wildman–Crippen MR) is 116 cm³/mol. The molecule has 156 valence electrons.